The molecule has 0 bridgehead atoms. The zero-order valence-electron chi connectivity index (χ0n) is 12.7. The molecule has 0 aromatic heterocycles. The van der Waals surface area contributed by atoms with Gasteiger partial charge in [0, 0.05) is 5.56 Å². The van der Waals surface area contributed by atoms with Crippen LogP contribution in [0, 0.1) is 19.7 Å². The molecule has 1 amide bonds. The molecule has 0 atom stereocenters. The minimum Gasteiger partial charge on any atom is -0.268 e. The Balaban J connectivity index is 2.01. The smallest absolute Gasteiger partial charge is 0.268 e. The SMILES string of the molecule is Cc1cccc(N2C(=O)/C(=C\c3ccccc3F)SC2=S)c1C. The molecule has 116 valence electrons. The quantitative estimate of drug-likeness (QED) is 0.574. The average Bonchev–Trinajstić information content (AvgIpc) is 2.79. The van der Waals surface area contributed by atoms with E-state index >= 15 is 0 Å². The Bertz CT molecular complexity index is 845. The van der Waals surface area contributed by atoms with E-state index in [-0.39, 0.29) is 11.7 Å². The number of nitrogens with zero attached hydrogens (tertiary/aromatic N) is 1. The van der Waals surface area contributed by atoms with Crippen LogP contribution < -0.4 is 4.90 Å². The molecule has 2 aromatic rings. The summed E-state index contributed by atoms with van der Waals surface area (Å²) >= 11 is 6.56. The molecule has 0 aliphatic carbocycles. The third-order valence-electron chi connectivity index (χ3n) is 3.80. The van der Waals surface area contributed by atoms with Crippen molar-refractivity contribution in [3.63, 3.8) is 0 Å². The van der Waals surface area contributed by atoms with Crippen molar-refractivity contribution in [3.8, 4) is 0 Å². The first-order valence-electron chi connectivity index (χ1n) is 7.08. The van der Waals surface area contributed by atoms with Gasteiger partial charge in [-0.3, -0.25) is 9.69 Å². The highest BCUT2D eigenvalue weighted by Crippen LogP contribution is 2.37. The number of carbonyl (C=O) groups is 1. The minimum atomic E-state index is -0.357. The van der Waals surface area contributed by atoms with Crippen molar-refractivity contribution >= 4 is 46.0 Å². The lowest BCUT2D eigenvalue weighted by Crippen LogP contribution is -2.28. The van der Waals surface area contributed by atoms with Gasteiger partial charge in [-0.05, 0) is 43.2 Å². The van der Waals surface area contributed by atoms with Gasteiger partial charge >= 0.3 is 0 Å². The third kappa shape index (κ3) is 2.94. The number of thioether (sulfide) groups is 1. The Morgan fingerprint density at radius 2 is 1.87 bits per heavy atom. The predicted octanol–water partition coefficient (Wildman–Crippen LogP) is 4.85. The van der Waals surface area contributed by atoms with Crippen LogP contribution in [0.1, 0.15) is 16.7 Å². The van der Waals surface area contributed by atoms with Crippen LogP contribution in [0.3, 0.4) is 0 Å². The lowest BCUT2D eigenvalue weighted by molar-refractivity contribution is -0.113. The van der Waals surface area contributed by atoms with E-state index in [1.165, 1.54) is 22.7 Å². The van der Waals surface area contributed by atoms with Crippen molar-refractivity contribution in [3.05, 3.63) is 69.9 Å². The second-order valence-electron chi connectivity index (χ2n) is 5.26. The van der Waals surface area contributed by atoms with Gasteiger partial charge in [-0.15, -0.1) is 0 Å². The van der Waals surface area contributed by atoms with Gasteiger partial charge < -0.3 is 0 Å². The van der Waals surface area contributed by atoms with Gasteiger partial charge in [-0.25, -0.2) is 4.39 Å². The lowest BCUT2D eigenvalue weighted by atomic mass is 10.1. The van der Waals surface area contributed by atoms with Crippen LogP contribution in [0.4, 0.5) is 10.1 Å². The first-order valence-corrected chi connectivity index (χ1v) is 8.30. The largest absolute Gasteiger partial charge is 0.270 e. The molecule has 3 rings (SSSR count). The van der Waals surface area contributed by atoms with Gasteiger partial charge in [-0.2, -0.15) is 0 Å². The molecule has 1 saturated heterocycles. The number of rotatable bonds is 2. The molecular weight excluding hydrogens is 329 g/mol. The van der Waals surface area contributed by atoms with Crippen molar-refractivity contribution in [1.82, 2.24) is 0 Å². The monoisotopic (exact) mass is 343 g/mol. The molecule has 1 heterocycles. The average molecular weight is 343 g/mol. The zero-order chi connectivity index (χ0) is 16.6. The van der Waals surface area contributed by atoms with E-state index in [1.807, 2.05) is 32.0 Å². The van der Waals surface area contributed by atoms with Crippen LogP contribution >= 0.6 is 24.0 Å². The second kappa shape index (κ2) is 6.26. The second-order valence-corrected chi connectivity index (χ2v) is 6.93. The molecule has 0 unspecified atom stereocenters. The molecule has 1 aliphatic rings. The highest BCUT2D eigenvalue weighted by Gasteiger charge is 2.34. The van der Waals surface area contributed by atoms with E-state index in [4.69, 9.17) is 12.2 Å². The Morgan fingerprint density at radius 1 is 1.13 bits per heavy atom. The fraction of sp³-hybridized carbons (Fsp3) is 0.111. The maximum absolute atomic E-state index is 13.8. The Morgan fingerprint density at radius 3 is 2.61 bits per heavy atom. The maximum Gasteiger partial charge on any atom is 0.270 e. The van der Waals surface area contributed by atoms with E-state index in [9.17, 15) is 9.18 Å². The first-order chi connectivity index (χ1) is 11.0. The highest BCUT2D eigenvalue weighted by atomic mass is 32.2. The van der Waals surface area contributed by atoms with Gasteiger partial charge in [0.1, 0.15) is 5.82 Å². The molecule has 1 aliphatic heterocycles. The summed E-state index contributed by atoms with van der Waals surface area (Å²) in [5, 5.41) is 0. The number of halogens is 1. The van der Waals surface area contributed by atoms with E-state index in [0.717, 1.165) is 16.8 Å². The molecule has 0 radical (unpaired) electrons. The summed E-state index contributed by atoms with van der Waals surface area (Å²) < 4.78 is 14.3. The topological polar surface area (TPSA) is 20.3 Å². The van der Waals surface area contributed by atoms with Crippen molar-refractivity contribution in [2.75, 3.05) is 4.90 Å². The summed E-state index contributed by atoms with van der Waals surface area (Å²) in [5.74, 6) is -0.568. The van der Waals surface area contributed by atoms with Crippen LogP contribution in [-0.4, -0.2) is 10.2 Å². The van der Waals surface area contributed by atoms with Crippen molar-refractivity contribution < 1.29 is 9.18 Å². The van der Waals surface area contributed by atoms with Crippen LogP contribution in [0.25, 0.3) is 6.08 Å². The third-order valence-corrected chi connectivity index (χ3v) is 5.10. The van der Waals surface area contributed by atoms with E-state index in [0.29, 0.717) is 14.8 Å². The Hall–Kier alpha value is -1.98. The summed E-state index contributed by atoms with van der Waals surface area (Å²) in [6.07, 6.45) is 1.56. The normalized spacial score (nSPS) is 16.5. The van der Waals surface area contributed by atoms with Crippen molar-refractivity contribution in [1.29, 1.82) is 0 Å². The standard InChI is InChI=1S/C18H14FNOS2/c1-11-6-5-9-15(12(11)2)20-17(21)16(23-18(20)22)10-13-7-3-4-8-14(13)19/h3-10H,1-2H3/b16-10+. The van der Waals surface area contributed by atoms with Crippen LogP contribution in [0.2, 0.25) is 0 Å². The fourth-order valence-corrected chi connectivity index (χ4v) is 3.66. The molecule has 1 fully saturated rings. The van der Waals surface area contributed by atoms with E-state index in [1.54, 1.807) is 24.3 Å². The number of aryl methyl sites for hydroxylation is 1. The number of hydrogen-bond donors (Lipinski definition) is 0. The van der Waals surface area contributed by atoms with Gasteiger partial charge in [0.05, 0.1) is 10.6 Å². The summed E-state index contributed by atoms with van der Waals surface area (Å²) in [5.41, 5.74) is 3.27. The highest BCUT2D eigenvalue weighted by molar-refractivity contribution is 8.27. The summed E-state index contributed by atoms with van der Waals surface area (Å²) in [7, 11) is 0. The first kappa shape index (κ1) is 15.9. The lowest BCUT2D eigenvalue weighted by Gasteiger charge is -2.18. The van der Waals surface area contributed by atoms with Crippen molar-refractivity contribution in [2.45, 2.75) is 13.8 Å². The van der Waals surface area contributed by atoms with Gasteiger partial charge in [-0.1, -0.05) is 54.3 Å². The van der Waals surface area contributed by atoms with Crippen molar-refractivity contribution in [2.24, 2.45) is 0 Å². The maximum atomic E-state index is 13.8. The molecule has 2 nitrogen and oxygen atoms in total. The molecular formula is C18H14FNOS2. The van der Waals surface area contributed by atoms with E-state index < -0.39 is 0 Å². The van der Waals surface area contributed by atoms with Gasteiger partial charge in [0.2, 0.25) is 0 Å². The van der Waals surface area contributed by atoms with Gasteiger partial charge in [0.15, 0.2) is 4.32 Å². The number of amides is 1. The molecule has 2 aromatic carbocycles. The van der Waals surface area contributed by atoms with E-state index in [2.05, 4.69) is 0 Å². The fourth-order valence-electron chi connectivity index (χ4n) is 2.39. The molecule has 0 N–H and O–H groups in total. The van der Waals surface area contributed by atoms with Gasteiger partial charge in [0.25, 0.3) is 5.91 Å². The predicted molar refractivity (Wildman–Crippen MR) is 98.0 cm³/mol. The van der Waals surface area contributed by atoms with Crippen LogP contribution in [0.5, 0.6) is 0 Å². The number of thiocarbonyl (C=S) groups is 1. The number of anilines is 1. The minimum absolute atomic E-state index is 0.211. The Kier molecular flexibility index (Phi) is 4.33. The summed E-state index contributed by atoms with van der Waals surface area (Å²) in [4.78, 5) is 14.7. The molecule has 23 heavy (non-hydrogen) atoms. The Labute approximate surface area is 144 Å². The number of carbonyl (C=O) groups excluding carboxylic acids is 1. The number of hydrogen-bond acceptors (Lipinski definition) is 3. The molecule has 0 spiro atoms. The van der Waals surface area contributed by atoms with Crippen LogP contribution in [-0.2, 0) is 4.79 Å². The zero-order valence-corrected chi connectivity index (χ0v) is 14.3. The molecule has 5 heteroatoms. The summed E-state index contributed by atoms with van der Waals surface area (Å²) in [6, 6.07) is 12.1. The summed E-state index contributed by atoms with van der Waals surface area (Å²) in [6.45, 7) is 3.95. The number of benzene rings is 2. The van der Waals surface area contributed by atoms with Crippen LogP contribution in [0.15, 0.2) is 47.4 Å². The molecule has 0 saturated carbocycles.